The third kappa shape index (κ3) is 5.76. The highest BCUT2D eigenvalue weighted by molar-refractivity contribution is 5.80. The summed E-state index contributed by atoms with van der Waals surface area (Å²) in [6, 6.07) is 8.09. The zero-order valence-electron chi connectivity index (χ0n) is 13.6. The molecule has 1 aromatic rings. The third-order valence-corrected chi connectivity index (χ3v) is 3.31. The maximum Gasteiger partial charge on any atom is 0.260 e. The number of amides is 1. The lowest BCUT2D eigenvalue weighted by Crippen LogP contribution is -2.37. The van der Waals surface area contributed by atoms with Crippen molar-refractivity contribution in [3.63, 3.8) is 0 Å². The molecule has 0 aliphatic carbocycles. The smallest absolute Gasteiger partial charge is 0.260 e. The van der Waals surface area contributed by atoms with Crippen molar-refractivity contribution in [2.45, 2.75) is 52.7 Å². The minimum absolute atomic E-state index is 0.0687. The quantitative estimate of drug-likeness (QED) is 0.735. The molecule has 0 bridgehead atoms. The van der Waals surface area contributed by atoms with Crippen LogP contribution in [0.1, 0.15) is 52.1 Å². The van der Waals surface area contributed by atoms with Gasteiger partial charge in [0.1, 0.15) is 5.75 Å². The second-order valence-corrected chi connectivity index (χ2v) is 5.26. The Balaban J connectivity index is 2.72. The van der Waals surface area contributed by atoms with Crippen LogP contribution in [0.3, 0.4) is 0 Å². The Hall–Kier alpha value is -1.55. The molecule has 21 heavy (non-hydrogen) atoms. The molecule has 0 saturated heterocycles. The third-order valence-electron chi connectivity index (χ3n) is 3.31. The van der Waals surface area contributed by atoms with Crippen molar-refractivity contribution in [3.8, 4) is 5.75 Å². The fourth-order valence-electron chi connectivity index (χ4n) is 2.05. The van der Waals surface area contributed by atoms with Gasteiger partial charge in [0, 0.05) is 18.2 Å². The summed E-state index contributed by atoms with van der Waals surface area (Å²) < 4.78 is 5.85. The van der Waals surface area contributed by atoms with Crippen molar-refractivity contribution < 1.29 is 9.53 Å². The molecule has 0 aliphatic heterocycles. The molecular formula is C17H28N2O2. The molecule has 2 N–H and O–H groups in total. The minimum atomic E-state index is -0.490. The average molecular weight is 292 g/mol. The maximum absolute atomic E-state index is 11.9. The summed E-state index contributed by atoms with van der Waals surface area (Å²) in [5.74, 6) is 0.702. The Labute approximate surface area is 128 Å². The lowest BCUT2D eigenvalue weighted by atomic mass is 10.1. The van der Waals surface area contributed by atoms with E-state index in [-0.39, 0.29) is 11.9 Å². The summed E-state index contributed by atoms with van der Waals surface area (Å²) in [4.78, 5) is 11.9. The molecule has 4 nitrogen and oxygen atoms in total. The van der Waals surface area contributed by atoms with E-state index in [0.717, 1.165) is 30.7 Å². The molecular weight excluding hydrogens is 264 g/mol. The number of benzene rings is 1. The largest absolute Gasteiger partial charge is 0.481 e. The Kier molecular flexibility index (Phi) is 7.83. The van der Waals surface area contributed by atoms with Crippen LogP contribution < -0.4 is 15.4 Å². The van der Waals surface area contributed by atoms with Crippen molar-refractivity contribution in [2.75, 3.05) is 13.1 Å². The van der Waals surface area contributed by atoms with Crippen LogP contribution in [0.15, 0.2) is 24.3 Å². The van der Waals surface area contributed by atoms with Crippen LogP contribution in [0.4, 0.5) is 0 Å². The van der Waals surface area contributed by atoms with Gasteiger partial charge in [0.2, 0.25) is 0 Å². The number of para-hydroxylation sites is 1. The van der Waals surface area contributed by atoms with Crippen LogP contribution in [0, 0.1) is 0 Å². The molecule has 1 aromatic carbocycles. The summed E-state index contributed by atoms with van der Waals surface area (Å²) >= 11 is 0. The topological polar surface area (TPSA) is 50.4 Å². The van der Waals surface area contributed by atoms with E-state index in [1.54, 1.807) is 6.92 Å². The monoisotopic (exact) mass is 292 g/mol. The van der Waals surface area contributed by atoms with Crippen LogP contribution in [0.25, 0.3) is 0 Å². The normalized spacial score (nSPS) is 13.5. The number of carbonyl (C=O) groups excluding carboxylic acids is 1. The Morgan fingerprint density at radius 2 is 1.81 bits per heavy atom. The number of ether oxygens (including phenoxy) is 1. The van der Waals surface area contributed by atoms with Crippen molar-refractivity contribution in [3.05, 3.63) is 29.8 Å². The zero-order valence-corrected chi connectivity index (χ0v) is 13.6. The first-order valence-corrected chi connectivity index (χ1v) is 7.86. The van der Waals surface area contributed by atoms with Gasteiger partial charge in [-0.25, -0.2) is 0 Å². The second kappa shape index (κ2) is 9.40. The molecule has 0 fully saturated rings. The van der Waals surface area contributed by atoms with Gasteiger partial charge in [0.05, 0.1) is 0 Å². The predicted octanol–water partition coefficient (Wildman–Crippen LogP) is 3.04. The average Bonchev–Trinajstić information content (AvgIpc) is 2.50. The number of nitrogens with one attached hydrogen (secondary N) is 2. The van der Waals surface area contributed by atoms with Crippen LogP contribution in [-0.2, 0) is 4.79 Å². The number of hydrogen-bond donors (Lipinski definition) is 2. The summed E-state index contributed by atoms with van der Waals surface area (Å²) in [7, 11) is 0. The van der Waals surface area contributed by atoms with Gasteiger partial charge in [-0.1, -0.05) is 32.0 Å². The standard InChI is InChI=1S/C17H28N2O2/c1-5-11-18-13(3)15-9-7-8-10-16(15)21-14(4)17(20)19-12-6-2/h7-10,13-14,18H,5-6,11-12H2,1-4H3,(H,19,20). The molecule has 0 spiro atoms. The zero-order chi connectivity index (χ0) is 15.7. The van der Waals surface area contributed by atoms with Gasteiger partial charge in [0.25, 0.3) is 5.91 Å². The first-order chi connectivity index (χ1) is 10.1. The highest BCUT2D eigenvalue weighted by Gasteiger charge is 2.17. The molecule has 0 aromatic heterocycles. The van der Waals surface area contributed by atoms with Crippen molar-refractivity contribution in [1.82, 2.24) is 10.6 Å². The highest BCUT2D eigenvalue weighted by atomic mass is 16.5. The molecule has 0 aliphatic rings. The van der Waals surface area contributed by atoms with Crippen molar-refractivity contribution in [2.24, 2.45) is 0 Å². The van der Waals surface area contributed by atoms with Crippen LogP contribution >= 0.6 is 0 Å². The number of carbonyl (C=O) groups is 1. The van der Waals surface area contributed by atoms with Gasteiger partial charge in [-0.05, 0) is 39.3 Å². The van der Waals surface area contributed by atoms with Crippen molar-refractivity contribution >= 4 is 5.91 Å². The van der Waals surface area contributed by atoms with Gasteiger partial charge < -0.3 is 15.4 Å². The Morgan fingerprint density at radius 3 is 2.48 bits per heavy atom. The van der Waals surface area contributed by atoms with E-state index in [1.165, 1.54) is 0 Å². The Bertz CT molecular complexity index is 435. The molecule has 1 amide bonds. The van der Waals surface area contributed by atoms with E-state index in [2.05, 4.69) is 24.5 Å². The highest BCUT2D eigenvalue weighted by Crippen LogP contribution is 2.25. The van der Waals surface area contributed by atoms with Gasteiger partial charge in [-0.3, -0.25) is 4.79 Å². The summed E-state index contributed by atoms with van der Waals surface area (Å²) in [6.07, 6.45) is 1.52. The van der Waals surface area contributed by atoms with Crippen LogP contribution in [-0.4, -0.2) is 25.1 Å². The molecule has 2 unspecified atom stereocenters. The van der Waals surface area contributed by atoms with E-state index in [4.69, 9.17) is 4.74 Å². The summed E-state index contributed by atoms with van der Waals surface area (Å²) in [5, 5.41) is 6.30. The SMILES string of the molecule is CCCNC(=O)C(C)Oc1ccccc1C(C)NCCC. The van der Waals surface area contributed by atoms with E-state index >= 15 is 0 Å². The summed E-state index contributed by atoms with van der Waals surface area (Å²) in [5.41, 5.74) is 1.08. The minimum Gasteiger partial charge on any atom is -0.481 e. The lowest BCUT2D eigenvalue weighted by molar-refractivity contribution is -0.127. The van der Waals surface area contributed by atoms with Gasteiger partial charge >= 0.3 is 0 Å². The molecule has 0 saturated carbocycles. The van der Waals surface area contributed by atoms with Gasteiger partial charge in [-0.15, -0.1) is 0 Å². The first kappa shape index (κ1) is 17.5. The molecule has 4 heteroatoms. The van der Waals surface area contributed by atoms with Crippen LogP contribution in [0.2, 0.25) is 0 Å². The molecule has 2 atom stereocenters. The first-order valence-electron chi connectivity index (χ1n) is 7.86. The van der Waals surface area contributed by atoms with Crippen LogP contribution in [0.5, 0.6) is 5.75 Å². The molecule has 0 heterocycles. The van der Waals surface area contributed by atoms with Gasteiger partial charge in [-0.2, -0.15) is 0 Å². The Morgan fingerprint density at radius 1 is 1.14 bits per heavy atom. The summed E-state index contributed by atoms with van der Waals surface area (Å²) in [6.45, 7) is 9.71. The van der Waals surface area contributed by atoms with Gasteiger partial charge in [0.15, 0.2) is 6.10 Å². The van der Waals surface area contributed by atoms with E-state index in [9.17, 15) is 4.79 Å². The molecule has 1 rings (SSSR count). The van der Waals surface area contributed by atoms with E-state index in [0.29, 0.717) is 6.54 Å². The molecule has 118 valence electrons. The fourth-order valence-corrected chi connectivity index (χ4v) is 2.05. The predicted molar refractivity (Wildman–Crippen MR) is 86.5 cm³/mol. The molecule has 0 radical (unpaired) electrons. The second-order valence-electron chi connectivity index (χ2n) is 5.26. The number of rotatable bonds is 9. The van der Waals surface area contributed by atoms with Crippen molar-refractivity contribution in [1.29, 1.82) is 0 Å². The van der Waals surface area contributed by atoms with E-state index < -0.39 is 6.10 Å². The lowest BCUT2D eigenvalue weighted by Gasteiger charge is -2.21. The fraction of sp³-hybridized carbons (Fsp3) is 0.588. The van der Waals surface area contributed by atoms with E-state index in [1.807, 2.05) is 31.2 Å². The number of hydrogen-bond acceptors (Lipinski definition) is 3. The maximum atomic E-state index is 11.9.